The molecule has 146 valence electrons. The first-order valence-corrected chi connectivity index (χ1v) is 10.9. The van der Waals surface area contributed by atoms with Gasteiger partial charge in [0.05, 0.1) is 22.3 Å². The molecule has 1 aromatic rings. The molecular formula is C17H24Cl2N2O4S. The minimum absolute atomic E-state index is 0.0773. The summed E-state index contributed by atoms with van der Waals surface area (Å²) in [6.07, 6.45) is 1.31. The molecule has 1 saturated heterocycles. The number of amides is 1. The molecule has 0 bridgehead atoms. The number of carbonyl (C=O) groups is 1. The number of nitrogens with one attached hydrogen (secondary N) is 1. The van der Waals surface area contributed by atoms with E-state index in [1.54, 1.807) is 37.8 Å². The van der Waals surface area contributed by atoms with E-state index in [9.17, 15) is 13.2 Å². The monoisotopic (exact) mass is 422 g/mol. The molecule has 1 fully saturated rings. The van der Waals surface area contributed by atoms with E-state index < -0.39 is 21.7 Å². The van der Waals surface area contributed by atoms with Crippen LogP contribution in [0.1, 0.15) is 38.7 Å². The first-order chi connectivity index (χ1) is 11.9. The van der Waals surface area contributed by atoms with Crippen LogP contribution in [0.4, 0.5) is 4.79 Å². The normalized spacial score (nSPS) is 21.1. The first kappa shape index (κ1) is 21.3. The summed E-state index contributed by atoms with van der Waals surface area (Å²) in [4.78, 5) is 14.2. The van der Waals surface area contributed by atoms with Crippen molar-refractivity contribution in [3.05, 3.63) is 33.8 Å². The van der Waals surface area contributed by atoms with Gasteiger partial charge in [0.25, 0.3) is 0 Å². The van der Waals surface area contributed by atoms with Crippen LogP contribution in [0.25, 0.3) is 0 Å². The van der Waals surface area contributed by atoms with E-state index >= 15 is 0 Å². The van der Waals surface area contributed by atoms with Crippen LogP contribution in [0.5, 0.6) is 0 Å². The number of halogens is 2. The molecule has 1 aliphatic heterocycles. The van der Waals surface area contributed by atoms with Crippen molar-refractivity contribution in [1.82, 2.24) is 9.62 Å². The zero-order valence-corrected chi connectivity index (χ0v) is 17.6. The number of carbonyl (C=O) groups excluding carboxylic acids is 1. The SMILES string of the molecule is CC(C)(C)OC(=O)N1CC[C@H](c2ccc(Cl)c(Cl)c2)[C@@H]1CNS(C)(=O)=O. The smallest absolute Gasteiger partial charge is 0.410 e. The van der Waals surface area contributed by atoms with Crippen LogP contribution in [0.2, 0.25) is 10.0 Å². The van der Waals surface area contributed by atoms with Crippen LogP contribution >= 0.6 is 23.2 Å². The van der Waals surface area contributed by atoms with Crippen LogP contribution in [0.15, 0.2) is 18.2 Å². The molecule has 1 N–H and O–H groups in total. The van der Waals surface area contributed by atoms with Crippen molar-refractivity contribution in [3.63, 3.8) is 0 Å². The van der Waals surface area contributed by atoms with E-state index in [1.807, 2.05) is 6.07 Å². The molecule has 0 aliphatic carbocycles. The minimum atomic E-state index is -3.39. The Balaban J connectivity index is 2.29. The van der Waals surface area contributed by atoms with Gasteiger partial charge in [-0.15, -0.1) is 0 Å². The minimum Gasteiger partial charge on any atom is -0.444 e. The molecule has 26 heavy (non-hydrogen) atoms. The number of sulfonamides is 1. The largest absolute Gasteiger partial charge is 0.444 e. The van der Waals surface area contributed by atoms with Gasteiger partial charge in [0, 0.05) is 19.0 Å². The van der Waals surface area contributed by atoms with Gasteiger partial charge in [-0.3, -0.25) is 0 Å². The molecule has 0 aromatic heterocycles. The Kier molecular flexibility index (Phi) is 6.48. The second-order valence-electron chi connectivity index (χ2n) is 7.43. The topological polar surface area (TPSA) is 75.7 Å². The third-order valence-corrected chi connectivity index (χ3v) is 5.53. The highest BCUT2D eigenvalue weighted by Crippen LogP contribution is 2.36. The summed E-state index contributed by atoms with van der Waals surface area (Å²) >= 11 is 12.1. The van der Waals surface area contributed by atoms with Gasteiger partial charge in [0.1, 0.15) is 5.60 Å². The summed E-state index contributed by atoms with van der Waals surface area (Å²) in [5.41, 5.74) is 0.277. The molecule has 2 atom stereocenters. The Morgan fingerprint density at radius 3 is 2.50 bits per heavy atom. The average Bonchev–Trinajstić information content (AvgIpc) is 2.89. The Hall–Kier alpha value is -1.02. The van der Waals surface area contributed by atoms with Crippen LogP contribution in [-0.2, 0) is 14.8 Å². The fourth-order valence-electron chi connectivity index (χ4n) is 3.02. The molecule has 9 heteroatoms. The Labute approximate surface area is 164 Å². The number of benzene rings is 1. The van der Waals surface area contributed by atoms with E-state index in [-0.39, 0.29) is 18.5 Å². The summed E-state index contributed by atoms with van der Waals surface area (Å²) < 4.78 is 31.1. The summed E-state index contributed by atoms with van der Waals surface area (Å²) in [5, 5.41) is 0.873. The highest BCUT2D eigenvalue weighted by atomic mass is 35.5. The van der Waals surface area contributed by atoms with Crippen molar-refractivity contribution in [2.75, 3.05) is 19.3 Å². The van der Waals surface area contributed by atoms with Gasteiger partial charge >= 0.3 is 6.09 Å². The third kappa shape index (κ3) is 5.74. The lowest BCUT2D eigenvalue weighted by atomic mass is 9.92. The standard InChI is InChI=1S/C17H24Cl2N2O4S/c1-17(2,3)25-16(22)21-8-7-12(15(21)10-20-26(4,23)24)11-5-6-13(18)14(19)9-11/h5-6,9,12,15,20H,7-8,10H2,1-4H3/t12-,15+/m1/s1. The van der Waals surface area contributed by atoms with Crippen LogP contribution in [-0.4, -0.2) is 50.4 Å². The van der Waals surface area contributed by atoms with Crippen LogP contribution < -0.4 is 4.72 Å². The van der Waals surface area contributed by atoms with Gasteiger partial charge in [-0.05, 0) is 44.9 Å². The van der Waals surface area contributed by atoms with Gasteiger partial charge in [-0.2, -0.15) is 0 Å². The first-order valence-electron chi connectivity index (χ1n) is 8.26. The molecule has 1 aromatic carbocycles. The van der Waals surface area contributed by atoms with E-state index in [0.29, 0.717) is 23.0 Å². The highest BCUT2D eigenvalue weighted by molar-refractivity contribution is 7.88. The summed E-state index contributed by atoms with van der Waals surface area (Å²) in [6, 6.07) is 4.94. The lowest BCUT2D eigenvalue weighted by Crippen LogP contribution is -2.46. The van der Waals surface area contributed by atoms with Gasteiger partial charge in [0.2, 0.25) is 10.0 Å². The molecule has 1 amide bonds. The van der Waals surface area contributed by atoms with Crippen LogP contribution in [0.3, 0.4) is 0 Å². The number of hydrogen-bond donors (Lipinski definition) is 1. The maximum absolute atomic E-state index is 12.6. The molecule has 2 rings (SSSR count). The Bertz CT molecular complexity index is 777. The average molecular weight is 423 g/mol. The summed E-state index contributed by atoms with van der Waals surface area (Å²) in [7, 11) is -3.39. The van der Waals surface area contributed by atoms with Gasteiger partial charge < -0.3 is 9.64 Å². The number of likely N-dealkylation sites (tertiary alicyclic amines) is 1. The summed E-state index contributed by atoms with van der Waals surface area (Å²) in [5.74, 6) is -0.0773. The molecule has 1 heterocycles. The van der Waals surface area contributed by atoms with Crippen molar-refractivity contribution in [3.8, 4) is 0 Å². The van der Waals surface area contributed by atoms with Gasteiger partial charge in [-0.1, -0.05) is 29.3 Å². The quantitative estimate of drug-likeness (QED) is 0.803. The van der Waals surface area contributed by atoms with Crippen molar-refractivity contribution < 1.29 is 17.9 Å². The zero-order valence-electron chi connectivity index (χ0n) is 15.3. The van der Waals surface area contributed by atoms with Crippen molar-refractivity contribution in [2.24, 2.45) is 0 Å². The summed E-state index contributed by atoms with van der Waals surface area (Å²) in [6.45, 7) is 5.95. The molecule has 0 spiro atoms. The van der Waals surface area contributed by atoms with Crippen LogP contribution in [0, 0.1) is 0 Å². The number of rotatable bonds is 4. The van der Waals surface area contributed by atoms with E-state index in [4.69, 9.17) is 27.9 Å². The second-order valence-corrected chi connectivity index (χ2v) is 10.1. The lowest BCUT2D eigenvalue weighted by molar-refractivity contribution is 0.0223. The number of ether oxygens (including phenoxy) is 1. The molecule has 0 unspecified atom stereocenters. The third-order valence-electron chi connectivity index (χ3n) is 4.10. The molecule has 6 nitrogen and oxygen atoms in total. The predicted molar refractivity (Wildman–Crippen MR) is 103 cm³/mol. The second kappa shape index (κ2) is 7.92. The predicted octanol–water partition coefficient (Wildman–Crippen LogP) is 3.64. The van der Waals surface area contributed by atoms with E-state index in [1.165, 1.54) is 0 Å². The number of hydrogen-bond acceptors (Lipinski definition) is 4. The highest BCUT2D eigenvalue weighted by Gasteiger charge is 2.40. The van der Waals surface area contributed by atoms with Gasteiger partial charge in [-0.25, -0.2) is 17.9 Å². The number of nitrogens with zero attached hydrogens (tertiary/aromatic N) is 1. The molecular weight excluding hydrogens is 399 g/mol. The Morgan fingerprint density at radius 2 is 1.96 bits per heavy atom. The van der Waals surface area contributed by atoms with E-state index in [2.05, 4.69) is 4.72 Å². The van der Waals surface area contributed by atoms with Crippen molar-refractivity contribution in [2.45, 2.75) is 44.8 Å². The molecule has 1 aliphatic rings. The maximum atomic E-state index is 12.6. The van der Waals surface area contributed by atoms with Crippen molar-refractivity contribution >= 4 is 39.3 Å². The zero-order chi connectivity index (χ0) is 19.7. The van der Waals surface area contributed by atoms with Gasteiger partial charge in [0.15, 0.2) is 0 Å². The molecule has 0 radical (unpaired) electrons. The maximum Gasteiger partial charge on any atom is 0.410 e. The molecule has 0 saturated carbocycles. The fourth-order valence-corrected chi connectivity index (χ4v) is 3.80. The Morgan fingerprint density at radius 1 is 1.31 bits per heavy atom. The lowest BCUT2D eigenvalue weighted by Gasteiger charge is -2.31. The van der Waals surface area contributed by atoms with E-state index in [0.717, 1.165) is 11.8 Å². The fraction of sp³-hybridized carbons (Fsp3) is 0.588. The van der Waals surface area contributed by atoms with Crippen molar-refractivity contribution in [1.29, 1.82) is 0 Å².